The van der Waals surface area contributed by atoms with E-state index in [2.05, 4.69) is 28.0 Å². The Morgan fingerprint density at radius 3 is 3.24 bits per heavy atom. The van der Waals surface area contributed by atoms with Crippen LogP contribution in [-0.2, 0) is 11.3 Å². The van der Waals surface area contributed by atoms with Gasteiger partial charge < -0.3 is 9.84 Å². The fraction of sp³-hybridized carbons (Fsp3) is 0.727. The second-order valence-corrected chi connectivity index (χ2v) is 6.03. The molecule has 0 aromatic carbocycles. The van der Waals surface area contributed by atoms with Crippen molar-refractivity contribution in [3.05, 3.63) is 16.4 Å². The fourth-order valence-corrected chi connectivity index (χ4v) is 3.34. The molecule has 4 nitrogen and oxygen atoms in total. The fourth-order valence-electron chi connectivity index (χ4n) is 1.92. The van der Waals surface area contributed by atoms with Crippen LogP contribution >= 0.6 is 27.7 Å². The van der Waals surface area contributed by atoms with Gasteiger partial charge in [0.25, 0.3) is 0 Å². The van der Waals surface area contributed by atoms with Crippen LogP contribution in [0.5, 0.6) is 0 Å². The van der Waals surface area contributed by atoms with E-state index in [4.69, 9.17) is 4.74 Å². The number of hydrogen-bond acceptors (Lipinski definition) is 4. The highest BCUT2D eigenvalue weighted by Gasteiger charge is 2.28. The average Bonchev–Trinajstić information content (AvgIpc) is 2.71. The molecule has 2 unspecified atom stereocenters. The molecule has 1 aromatic heterocycles. The van der Waals surface area contributed by atoms with Gasteiger partial charge in [-0.2, -0.15) is 16.9 Å². The van der Waals surface area contributed by atoms with Crippen molar-refractivity contribution in [1.29, 1.82) is 0 Å². The summed E-state index contributed by atoms with van der Waals surface area (Å²) >= 11 is 5.27. The van der Waals surface area contributed by atoms with Crippen molar-refractivity contribution in [3.63, 3.8) is 0 Å². The lowest BCUT2D eigenvalue weighted by atomic mass is 10.1. The van der Waals surface area contributed by atoms with Gasteiger partial charge in [-0.1, -0.05) is 6.92 Å². The molecule has 0 saturated carbocycles. The monoisotopic (exact) mass is 320 g/mol. The zero-order chi connectivity index (χ0) is 12.3. The Bertz CT molecular complexity index is 366. The number of aromatic nitrogens is 2. The van der Waals surface area contributed by atoms with E-state index in [1.54, 1.807) is 6.20 Å². The van der Waals surface area contributed by atoms with Gasteiger partial charge >= 0.3 is 0 Å². The van der Waals surface area contributed by atoms with E-state index in [-0.39, 0.29) is 6.10 Å². The minimum absolute atomic E-state index is 0.127. The second-order valence-electron chi connectivity index (χ2n) is 4.03. The van der Waals surface area contributed by atoms with Crippen LogP contribution in [0.15, 0.2) is 10.7 Å². The smallest absolute Gasteiger partial charge is 0.124 e. The van der Waals surface area contributed by atoms with E-state index >= 15 is 0 Å². The van der Waals surface area contributed by atoms with E-state index in [0.29, 0.717) is 6.61 Å². The van der Waals surface area contributed by atoms with Crippen LogP contribution < -0.4 is 0 Å². The van der Waals surface area contributed by atoms with Gasteiger partial charge in [0.15, 0.2) is 0 Å². The molecule has 0 spiro atoms. The molecule has 2 atom stereocenters. The quantitative estimate of drug-likeness (QED) is 0.924. The first-order valence-corrected chi connectivity index (χ1v) is 7.77. The summed E-state index contributed by atoms with van der Waals surface area (Å²) in [4.78, 5) is 0. The summed E-state index contributed by atoms with van der Waals surface area (Å²) in [6, 6.07) is 0. The number of nitrogens with zero attached hydrogens (tertiary/aromatic N) is 2. The topological polar surface area (TPSA) is 47.3 Å². The van der Waals surface area contributed by atoms with Crippen molar-refractivity contribution in [2.24, 2.45) is 0 Å². The Balaban J connectivity index is 2.16. The summed E-state index contributed by atoms with van der Waals surface area (Å²) < 4.78 is 8.34. The lowest BCUT2D eigenvalue weighted by Gasteiger charge is -2.27. The Morgan fingerprint density at radius 1 is 1.76 bits per heavy atom. The zero-order valence-corrected chi connectivity index (χ0v) is 12.2. The maximum absolute atomic E-state index is 10.4. The van der Waals surface area contributed by atoms with Crippen molar-refractivity contribution in [1.82, 2.24) is 9.78 Å². The molecule has 1 N–H and O–H groups in total. The number of halogens is 1. The van der Waals surface area contributed by atoms with Crippen LogP contribution in [-0.4, -0.2) is 39.1 Å². The molecule has 1 fully saturated rings. The van der Waals surface area contributed by atoms with Crippen LogP contribution in [0, 0.1) is 0 Å². The van der Waals surface area contributed by atoms with E-state index in [1.165, 1.54) is 0 Å². The molecule has 0 bridgehead atoms. The normalized spacial score (nSPS) is 22.6. The van der Waals surface area contributed by atoms with Crippen molar-refractivity contribution < 1.29 is 9.84 Å². The summed E-state index contributed by atoms with van der Waals surface area (Å²) in [5, 5.41) is 14.7. The summed E-state index contributed by atoms with van der Waals surface area (Å²) in [5.41, 5.74) is 0.833. The summed E-state index contributed by atoms with van der Waals surface area (Å²) in [7, 11) is 0. The molecule has 96 valence electrons. The lowest BCUT2D eigenvalue weighted by molar-refractivity contribution is -0.0268. The van der Waals surface area contributed by atoms with Crippen LogP contribution in [0.2, 0.25) is 0 Å². The third-order valence-corrected chi connectivity index (χ3v) is 4.37. The highest BCUT2D eigenvalue weighted by atomic mass is 79.9. The van der Waals surface area contributed by atoms with Gasteiger partial charge in [0.05, 0.1) is 29.1 Å². The van der Waals surface area contributed by atoms with Crippen molar-refractivity contribution in [3.8, 4) is 0 Å². The highest BCUT2D eigenvalue weighted by Crippen LogP contribution is 2.30. The molecule has 2 heterocycles. The van der Waals surface area contributed by atoms with Crippen LogP contribution in [0.25, 0.3) is 0 Å². The van der Waals surface area contributed by atoms with Gasteiger partial charge in [0, 0.05) is 18.1 Å². The number of aryl methyl sites for hydroxylation is 1. The summed E-state index contributed by atoms with van der Waals surface area (Å²) in [6.07, 6.45) is 2.00. The number of ether oxygens (including phenoxy) is 1. The molecule has 1 aliphatic rings. The molecule has 0 amide bonds. The Kier molecular flexibility index (Phi) is 4.90. The van der Waals surface area contributed by atoms with Crippen LogP contribution in [0.4, 0.5) is 0 Å². The SMILES string of the molecule is CCCn1ncc(Br)c1C(O)C1CSCCO1. The molecule has 1 saturated heterocycles. The summed E-state index contributed by atoms with van der Waals surface area (Å²) in [5.74, 6) is 1.85. The largest absolute Gasteiger partial charge is 0.384 e. The third-order valence-electron chi connectivity index (χ3n) is 2.74. The Hall–Kier alpha value is -0.0400. The number of thioether (sulfide) groups is 1. The number of aliphatic hydroxyl groups is 1. The van der Waals surface area contributed by atoms with Gasteiger partial charge in [0.1, 0.15) is 6.10 Å². The summed E-state index contributed by atoms with van der Waals surface area (Å²) in [6.45, 7) is 3.63. The lowest BCUT2D eigenvalue weighted by Crippen LogP contribution is -2.31. The molecule has 1 aliphatic heterocycles. The van der Waals surface area contributed by atoms with Crippen LogP contribution in [0.1, 0.15) is 25.1 Å². The van der Waals surface area contributed by atoms with Gasteiger partial charge in [-0.05, 0) is 22.4 Å². The van der Waals surface area contributed by atoms with Gasteiger partial charge in [-0.25, -0.2) is 0 Å². The van der Waals surface area contributed by atoms with E-state index in [9.17, 15) is 5.11 Å². The molecule has 0 radical (unpaired) electrons. The highest BCUT2D eigenvalue weighted by molar-refractivity contribution is 9.10. The third kappa shape index (κ3) is 3.05. The molecular formula is C11H17BrN2O2S. The van der Waals surface area contributed by atoms with Crippen molar-refractivity contribution in [2.75, 3.05) is 18.1 Å². The molecule has 17 heavy (non-hydrogen) atoms. The first-order valence-electron chi connectivity index (χ1n) is 5.82. The van der Waals surface area contributed by atoms with Gasteiger partial charge in [0.2, 0.25) is 0 Å². The molecule has 0 aliphatic carbocycles. The van der Waals surface area contributed by atoms with Crippen LogP contribution in [0.3, 0.4) is 0 Å². The van der Waals surface area contributed by atoms with E-state index in [0.717, 1.165) is 34.6 Å². The molecule has 1 aromatic rings. The Morgan fingerprint density at radius 2 is 2.59 bits per heavy atom. The van der Waals surface area contributed by atoms with Gasteiger partial charge in [-0.3, -0.25) is 4.68 Å². The maximum Gasteiger partial charge on any atom is 0.124 e. The number of rotatable bonds is 4. The van der Waals surface area contributed by atoms with E-state index in [1.807, 2.05) is 16.4 Å². The van der Waals surface area contributed by atoms with Crippen molar-refractivity contribution >= 4 is 27.7 Å². The first kappa shape index (κ1) is 13.4. The zero-order valence-electron chi connectivity index (χ0n) is 9.80. The average molecular weight is 321 g/mol. The van der Waals surface area contributed by atoms with E-state index < -0.39 is 6.10 Å². The van der Waals surface area contributed by atoms with Gasteiger partial charge in [-0.15, -0.1) is 0 Å². The molecular weight excluding hydrogens is 304 g/mol. The number of aliphatic hydroxyl groups excluding tert-OH is 1. The van der Waals surface area contributed by atoms with Crippen molar-refractivity contribution in [2.45, 2.75) is 32.1 Å². The molecule has 6 heteroatoms. The first-order chi connectivity index (χ1) is 8.24. The number of hydrogen-bond donors (Lipinski definition) is 1. The predicted octanol–water partition coefficient (Wildman–Crippen LogP) is 2.22. The maximum atomic E-state index is 10.4. The predicted molar refractivity (Wildman–Crippen MR) is 72.2 cm³/mol. The molecule has 2 rings (SSSR count). The minimum Gasteiger partial charge on any atom is -0.384 e. The Labute approximate surface area is 114 Å². The second kappa shape index (κ2) is 6.22. The minimum atomic E-state index is -0.605. The standard InChI is InChI=1S/C11H17BrN2O2S/c1-2-3-14-10(8(12)6-13-14)11(15)9-7-17-5-4-16-9/h6,9,11,15H,2-5,7H2,1H3.